The summed E-state index contributed by atoms with van der Waals surface area (Å²) in [7, 11) is 0. The molecular weight excluding hydrogens is 152 g/mol. The van der Waals surface area contributed by atoms with Crippen molar-refractivity contribution in [2.45, 2.75) is 13.0 Å². The first-order chi connectivity index (χ1) is 5.92. The van der Waals surface area contributed by atoms with Crippen LogP contribution in [0, 0.1) is 6.92 Å². The van der Waals surface area contributed by atoms with Crippen molar-refractivity contribution in [3.05, 3.63) is 25.8 Å². The fourth-order valence-corrected chi connectivity index (χ4v) is 1.15. The third-order valence-electron chi connectivity index (χ3n) is 1.70. The first kappa shape index (κ1) is 7.21. The van der Waals surface area contributed by atoms with Crippen molar-refractivity contribution in [3.8, 4) is 0 Å². The summed E-state index contributed by atoms with van der Waals surface area (Å²) in [6, 6.07) is 0. The summed E-state index contributed by atoms with van der Waals surface area (Å²) in [5, 5.41) is 0. The highest BCUT2D eigenvalue weighted by Gasteiger charge is 2.00. The lowest BCUT2D eigenvalue weighted by Gasteiger charge is -1.98. The number of fused-ring (bicyclic) bond motifs is 1. The molecule has 61 valence electrons. The molecule has 0 aliphatic heterocycles. The van der Waals surface area contributed by atoms with Crippen LogP contribution in [0.4, 0.5) is 0 Å². The number of nitrogens with zero attached hydrogens (tertiary/aromatic N) is 4. The van der Waals surface area contributed by atoms with Gasteiger partial charge < -0.3 is 4.57 Å². The topological polar surface area (TPSA) is 43.6 Å². The molecule has 0 amide bonds. The van der Waals surface area contributed by atoms with Crippen molar-refractivity contribution in [3.63, 3.8) is 0 Å². The van der Waals surface area contributed by atoms with Crippen molar-refractivity contribution < 1.29 is 0 Å². The predicted molar refractivity (Wildman–Crippen MR) is 45.3 cm³/mol. The van der Waals surface area contributed by atoms with E-state index in [1.165, 1.54) is 6.33 Å². The molecule has 1 radical (unpaired) electrons. The highest BCUT2D eigenvalue weighted by Crippen LogP contribution is 2.07. The van der Waals surface area contributed by atoms with Crippen LogP contribution in [-0.4, -0.2) is 19.5 Å². The lowest BCUT2D eigenvalue weighted by atomic mass is 10.4. The maximum absolute atomic E-state index is 4.12. The van der Waals surface area contributed by atoms with Gasteiger partial charge in [0.05, 0.1) is 12.5 Å². The van der Waals surface area contributed by atoms with Crippen molar-refractivity contribution in [2.24, 2.45) is 0 Å². The Morgan fingerprint density at radius 1 is 1.42 bits per heavy atom. The second-order valence-electron chi connectivity index (χ2n) is 2.52. The van der Waals surface area contributed by atoms with Crippen LogP contribution in [0.2, 0.25) is 0 Å². The molecule has 0 fully saturated rings. The van der Waals surface area contributed by atoms with Crippen LogP contribution in [0.5, 0.6) is 0 Å². The Bertz CT molecular complexity index is 379. The van der Waals surface area contributed by atoms with E-state index < -0.39 is 0 Å². The third kappa shape index (κ3) is 1.05. The maximum Gasteiger partial charge on any atom is 0.180 e. The van der Waals surface area contributed by atoms with Gasteiger partial charge in [0.15, 0.2) is 5.65 Å². The molecular formula is C8H9N4. The quantitative estimate of drug-likeness (QED) is 0.661. The molecule has 0 unspecified atom stereocenters. The lowest BCUT2D eigenvalue weighted by Crippen LogP contribution is -1.94. The summed E-state index contributed by atoms with van der Waals surface area (Å²) in [6.07, 6.45) is 5.89. The normalized spacial score (nSPS) is 10.8. The van der Waals surface area contributed by atoms with Gasteiger partial charge in [-0.15, -0.1) is 0 Å². The molecule has 0 spiro atoms. The molecule has 0 bridgehead atoms. The minimum atomic E-state index is 0.749. The number of hydrogen-bond acceptors (Lipinski definition) is 3. The van der Waals surface area contributed by atoms with Crippen LogP contribution in [-0.2, 0) is 6.54 Å². The van der Waals surface area contributed by atoms with Crippen LogP contribution in [0.25, 0.3) is 11.2 Å². The summed E-state index contributed by atoms with van der Waals surface area (Å²) >= 11 is 0. The first-order valence-corrected chi connectivity index (χ1v) is 3.82. The minimum Gasteiger partial charge on any atom is -0.328 e. The molecule has 0 aliphatic carbocycles. The van der Waals surface area contributed by atoms with Crippen LogP contribution in [0.1, 0.15) is 6.42 Å². The maximum atomic E-state index is 4.12. The Kier molecular flexibility index (Phi) is 1.74. The van der Waals surface area contributed by atoms with E-state index >= 15 is 0 Å². The molecule has 0 saturated heterocycles. The van der Waals surface area contributed by atoms with Crippen LogP contribution >= 0.6 is 0 Å². The van der Waals surface area contributed by atoms with E-state index in [2.05, 4.69) is 21.9 Å². The molecule has 12 heavy (non-hydrogen) atoms. The Labute approximate surface area is 70.3 Å². The molecule has 0 aliphatic rings. The number of aromatic nitrogens is 4. The molecule has 0 saturated carbocycles. The Morgan fingerprint density at radius 3 is 3.17 bits per heavy atom. The van der Waals surface area contributed by atoms with Gasteiger partial charge in [-0.05, 0) is 6.42 Å². The summed E-state index contributed by atoms with van der Waals surface area (Å²) < 4.78 is 2.00. The van der Waals surface area contributed by atoms with E-state index in [0.717, 1.165) is 24.1 Å². The molecule has 2 aromatic rings. The van der Waals surface area contributed by atoms with Crippen molar-refractivity contribution in [2.75, 3.05) is 0 Å². The van der Waals surface area contributed by atoms with Crippen LogP contribution in [0.3, 0.4) is 0 Å². The van der Waals surface area contributed by atoms with Crippen molar-refractivity contribution in [1.82, 2.24) is 19.5 Å². The SMILES string of the molecule is [CH2]CCn1cnc2ncncc21. The second kappa shape index (κ2) is 2.89. The zero-order valence-corrected chi connectivity index (χ0v) is 6.64. The first-order valence-electron chi connectivity index (χ1n) is 3.82. The van der Waals surface area contributed by atoms with Crippen LogP contribution in [0.15, 0.2) is 18.9 Å². The third-order valence-corrected chi connectivity index (χ3v) is 1.70. The Balaban J connectivity index is 2.55. The van der Waals surface area contributed by atoms with Crippen molar-refractivity contribution in [1.29, 1.82) is 0 Å². The zero-order chi connectivity index (χ0) is 8.39. The van der Waals surface area contributed by atoms with E-state index in [0.29, 0.717) is 0 Å². The van der Waals surface area contributed by atoms with Crippen molar-refractivity contribution >= 4 is 11.2 Å². The van der Waals surface area contributed by atoms with Crippen LogP contribution < -0.4 is 0 Å². The van der Waals surface area contributed by atoms with Gasteiger partial charge in [0.2, 0.25) is 0 Å². The molecule has 2 heterocycles. The highest BCUT2D eigenvalue weighted by atomic mass is 15.1. The monoisotopic (exact) mass is 161 g/mol. The van der Waals surface area contributed by atoms with E-state index in [9.17, 15) is 0 Å². The molecule has 0 aromatic carbocycles. The average molecular weight is 161 g/mol. The molecule has 2 rings (SSSR count). The van der Waals surface area contributed by atoms with Gasteiger partial charge in [-0.2, -0.15) is 0 Å². The van der Waals surface area contributed by atoms with E-state index in [1.807, 2.05) is 4.57 Å². The van der Waals surface area contributed by atoms with E-state index in [1.54, 1.807) is 12.5 Å². The van der Waals surface area contributed by atoms with E-state index in [-0.39, 0.29) is 0 Å². The second-order valence-corrected chi connectivity index (χ2v) is 2.52. The number of rotatable bonds is 2. The number of hydrogen-bond donors (Lipinski definition) is 0. The van der Waals surface area contributed by atoms with Gasteiger partial charge in [-0.1, -0.05) is 6.92 Å². The number of imidazole rings is 1. The molecule has 2 aromatic heterocycles. The lowest BCUT2D eigenvalue weighted by molar-refractivity contribution is 0.728. The summed E-state index contributed by atoms with van der Waals surface area (Å²) in [6.45, 7) is 4.64. The predicted octanol–water partition coefficient (Wildman–Crippen LogP) is 1.05. The van der Waals surface area contributed by atoms with Gasteiger partial charge >= 0.3 is 0 Å². The van der Waals surface area contributed by atoms with Gasteiger partial charge in [0, 0.05) is 6.54 Å². The molecule has 0 N–H and O–H groups in total. The standard InChI is InChI=1S/C8H9N4/c1-2-3-12-6-11-8-7(12)4-9-5-10-8/h4-6H,1-3H2. The summed E-state index contributed by atoms with van der Waals surface area (Å²) in [4.78, 5) is 12.1. The molecule has 0 atom stereocenters. The summed E-state index contributed by atoms with van der Waals surface area (Å²) in [5.41, 5.74) is 1.72. The van der Waals surface area contributed by atoms with Gasteiger partial charge in [-0.3, -0.25) is 0 Å². The largest absolute Gasteiger partial charge is 0.328 e. The smallest absolute Gasteiger partial charge is 0.180 e. The summed E-state index contributed by atoms with van der Waals surface area (Å²) in [5.74, 6) is 0. The van der Waals surface area contributed by atoms with Gasteiger partial charge in [0.1, 0.15) is 11.8 Å². The van der Waals surface area contributed by atoms with Gasteiger partial charge in [0.25, 0.3) is 0 Å². The minimum absolute atomic E-state index is 0.749. The molecule has 4 nitrogen and oxygen atoms in total. The van der Waals surface area contributed by atoms with Gasteiger partial charge in [-0.25, -0.2) is 15.0 Å². The Hall–Kier alpha value is -1.45. The number of aryl methyl sites for hydroxylation is 1. The Morgan fingerprint density at radius 2 is 2.33 bits per heavy atom. The average Bonchev–Trinajstić information content (AvgIpc) is 2.50. The fourth-order valence-electron chi connectivity index (χ4n) is 1.15. The molecule has 4 heteroatoms. The fraction of sp³-hybridized carbons (Fsp3) is 0.250. The van der Waals surface area contributed by atoms with E-state index in [4.69, 9.17) is 0 Å². The zero-order valence-electron chi connectivity index (χ0n) is 6.64. The highest BCUT2D eigenvalue weighted by molar-refractivity contribution is 5.68.